The van der Waals surface area contributed by atoms with E-state index < -0.39 is 6.98 Å². The summed E-state index contributed by atoms with van der Waals surface area (Å²) in [5.74, 6) is 0.441. The van der Waals surface area contributed by atoms with E-state index in [0.29, 0.717) is 12.4 Å². The summed E-state index contributed by atoms with van der Waals surface area (Å²) in [4.78, 5) is 18.7. The molecule has 6 nitrogen and oxygen atoms in total. The quantitative estimate of drug-likeness (QED) is 0.794. The number of likely N-dealkylation sites (tertiary alicyclic amines) is 1. The molecule has 1 fully saturated rings. The van der Waals surface area contributed by atoms with Gasteiger partial charge in [-0.2, -0.15) is 5.10 Å². The number of carbonyl (C=O) groups is 1. The lowest BCUT2D eigenvalue weighted by Crippen LogP contribution is -2.31. The molecular formula is C19H21N5O. The van der Waals surface area contributed by atoms with Crippen LogP contribution in [-0.4, -0.2) is 45.2 Å². The molecule has 0 radical (unpaired) electrons. The van der Waals surface area contributed by atoms with Gasteiger partial charge in [0, 0.05) is 34.4 Å². The van der Waals surface area contributed by atoms with E-state index in [2.05, 4.69) is 20.3 Å². The third kappa shape index (κ3) is 3.53. The molecule has 0 bridgehead atoms. The fourth-order valence-electron chi connectivity index (χ4n) is 3.19. The first-order chi connectivity index (χ1) is 13.4. The number of fused-ring (bicyclic) bond motifs is 1. The van der Waals surface area contributed by atoms with Crippen LogP contribution in [0.25, 0.3) is 21.9 Å². The van der Waals surface area contributed by atoms with Gasteiger partial charge < -0.3 is 5.32 Å². The van der Waals surface area contributed by atoms with Gasteiger partial charge in [0.2, 0.25) is 5.91 Å². The fourth-order valence-corrected chi connectivity index (χ4v) is 3.19. The number of hydrogen-bond donors (Lipinski definition) is 1. The normalized spacial score (nSPS) is 17.2. The van der Waals surface area contributed by atoms with Crippen LogP contribution in [0.4, 0.5) is 5.82 Å². The number of pyridine rings is 1. The molecule has 0 saturated carbocycles. The van der Waals surface area contributed by atoms with Crippen LogP contribution in [0.3, 0.4) is 0 Å². The summed E-state index contributed by atoms with van der Waals surface area (Å²) in [6.45, 7) is 0.0115. The molecule has 2 aromatic heterocycles. The zero-order chi connectivity index (χ0) is 19.7. The van der Waals surface area contributed by atoms with E-state index >= 15 is 0 Å². The zero-order valence-electron chi connectivity index (χ0n) is 16.8. The molecule has 6 heteroatoms. The standard InChI is InChI=1S/C19H21N5O/c1-23-12-17(11-21-23)14-4-5-15-10-20-18(9-16(15)8-14)22-19(25)13-24-6-2-3-7-24/h4-5,8-12H,2-3,6-7,13H2,1H3,(H,20,22,25)/i1D3. The van der Waals surface area contributed by atoms with Gasteiger partial charge in [0.1, 0.15) is 5.82 Å². The molecule has 3 aromatic rings. The van der Waals surface area contributed by atoms with Crippen molar-refractivity contribution in [1.82, 2.24) is 19.7 Å². The summed E-state index contributed by atoms with van der Waals surface area (Å²) in [6.07, 6.45) is 7.04. The van der Waals surface area contributed by atoms with E-state index in [1.807, 2.05) is 24.3 Å². The monoisotopic (exact) mass is 338 g/mol. The highest BCUT2D eigenvalue weighted by atomic mass is 16.2. The van der Waals surface area contributed by atoms with Crippen molar-refractivity contribution < 1.29 is 8.91 Å². The molecule has 1 aromatic carbocycles. The Bertz CT molecular complexity index is 1010. The van der Waals surface area contributed by atoms with Crippen molar-refractivity contribution in [2.24, 2.45) is 6.98 Å². The number of benzene rings is 1. The Hall–Kier alpha value is -2.73. The highest BCUT2D eigenvalue weighted by Gasteiger charge is 2.15. The third-order valence-electron chi connectivity index (χ3n) is 4.47. The average Bonchev–Trinajstić information content (AvgIpc) is 3.32. The van der Waals surface area contributed by atoms with E-state index in [9.17, 15) is 4.79 Å². The molecule has 0 spiro atoms. The average molecular weight is 338 g/mol. The van der Waals surface area contributed by atoms with E-state index in [1.165, 1.54) is 12.4 Å². The molecule has 1 amide bonds. The Morgan fingerprint density at radius 3 is 2.88 bits per heavy atom. The van der Waals surface area contributed by atoms with Crippen LogP contribution in [-0.2, 0) is 11.8 Å². The smallest absolute Gasteiger partial charge is 0.239 e. The minimum absolute atomic E-state index is 0.0659. The minimum Gasteiger partial charge on any atom is -0.310 e. The van der Waals surface area contributed by atoms with Crippen LogP contribution in [0.1, 0.15) is 17.0 Å². The van der Waals surface area contributed by atoms with Crippen LogP contribution in [0.5, 0.6) is 0 Å². The summed E-state index contributed by atoms with van der Waals surface area (Å²) in [7, 11) is 0. The SMILES string of the molecule is [2H]C([2H])([2H])n1cc(-c2ccc3cnc(NC(=O)CN4CCCC4)cc3c2)cn1. The van der Waals surface area contributed by atoms with E-state index in [0.717, 1.165) is 52.5 Å². The first-order valence-electron chi connectivity index (χ1n) is 9.86. The Balaban J connectivity index is 1.55. The highest BCUT2D eigenvalue weighted by molar-refractivity contribution is 5.94. The lowest BCUT2D eigenvalue weighted by atomic mass is 10.1. The van der Waals surface area contributed by atoms with E-state index in [-0.39, 0.29) is 5.91 Å². The highest BCUT2D eigenvalue weighted by Crippen LogP contribution is 2.25. The van der Waals surface area contributed by atoms with Crippen molar-refractivity contribution >= 4 is 22.5 Å². The zero-order valence-corrected chi connectivity index (χ0v) is 13.8. The number of anilines is 1. The maximum absolute atomic E-state index is 12.2. The molecule has 1 N–H and O–H groups in total. The van der Waals surface area contributed by atoms with Gasteiger partial charge in [-0.25, -0.2) is 4.98 Å². The van der Waals surface area contributed by atoms with Crippen molar-refractivity contribution in [1.29, 1.82) is 0 Å². The summed E-state index contributed by atoms with van der Waals surface area (Å²) in [6, 6.07) is 7.58. The molecule has 128 valence electrons. The summed E-state index contributed by atoms with van der Waals surface area (Å²) in [5, 5.41) is 8.63. The lowest BCUT2D eigenvalue weighted by Gasteiger charge is -2.14. The number of nitrogens with one attached hydrogen (secondary N) is 1. The van der Waals surface area contributed by atoms with Crippen molar-refractivity contribution in [3.05, 3.63) is 42.9 Å². The summed E-state index contributed by atoms with van der Waals surface area (Å²) < 4.78 is 23.3. The lowest BCUT2D eigenvalue weighted by molar-refractivity contribution is -0.117. The summed E-state index contributed by atoms with van der Waals surface area (Å²) >= 11 is 0. The number of aromatic nitrogens is 3. The Labute approximate surface area is 150 Å². The number of carbonyl (C=O) groups excluding carboxylic acids is 1. The van der Waals surface area contributed by atoms with Gasteiger partial charge in [-0.1, -0.05) is 12.1 Å². The second-order valence-corrected chi connectivity index (χ2v) is 6.34. The predicted octanol–water partition coefficient (Wildman–Crippen LogP) is 2.67. The third-order valence-corrected chi connectivity index (χ3v) is 4.47. The molecule has 1 saturated heterocycles. The Morgan fingerprint density at radius 1 is 1.20 bits per heavy atom. The molecule has 4 rings (SSSR count). The van der Waals surface area contributed by atoms with Gasteiger partial charge in [0.15, 0.2) is 0 Å². The van der Waals surface area contributed by atoms with Gasteiger partial charge in [-0.15, -0.1) is 0 Å². The maximum atomic E-state index is 12.2. The second kappa shape index (κ2) is 6.64. The van der Waals surface area contributed by atoms with Gasteiger partial charge in [0.25, 0.3) is 0 Å². The molecule has 0 atom stereocenters. The number of hydrogen-bond acceptors (Lipinski definition) is 4. The Morgan fingerprint density at radius 2 is 2.08 bits per heavy atom. The number of rotatable bonds is 4. The van der Waals surface area contributed by atoms with Gasteiger partial charge in [-0.3, -0.25) is 14.4 Å². The first-order valence-corrected chi connectivity index (χ1v) is 8.36. The van der Waals surface area contributed by atoms with Crippen molar-refractivity contribution in [2.75, 3.05) is 25.0 Å². The molecule has 1 aliphatic heterocycles. The molecule has 3 heterocycles. The molecule has 0 unspecified atom stereocenters. The minimum atomic E-state index is -2.30. The van der Waals surface area contributed by atoms with Crippen molar-refractivity contribution in [2.45, 2.75) is 12.8 Å². The van der Waals surface area contributed by atoms with Crippen LogP contribution in [0.2, 0.25) is 0 Å². The van der Waals surface area contributed by atoms with Crippen molar-refractivity contribution in [3.8, 4) is 11.1 Å². The number of nitrogens with zero attached hydrogens (tertiary/aromatic N) is 4. The molecule has 1 aliphatic rings. The van der Waals surface area contributed by atoms with Crippen LogP contribution in [0.15, 0.2) is 42.9 Å². The van der Waals surface area contributed by atoms with E-state index in [1.54, 1.807) is 6.20 Å². The second-order valence-electron chi connectivity index (χ2n) is 6.34. The Kier molecular flexibility index (Phi) is 3.35. The fraction of sp³-hybridized carbons (Fsp3) is 0.316. The van der Waals surface area contributed by atoms with Crippen LogP contribution in [0, 0.1) is 0 Å². The van der Waals surface area contributed by atoms with Gasteiger partial charge in [0.05, 0.1) is 12.7 Å². The van der Waals surface area contributed by atoms with Gasteiger partial charge >= 0.3 is 0 Å². The molecular weight excluding hydrogens is 314 g/mol. The van der Waals surface area contributed by atoms with Crippen LogP contribution >= 0.6 is 0 Å². The largest absolute Gasteiger partial charge is 0.310 e. The number of aryl methyl sites for hydroxylation is 1. The maximum Gasteiger partial charge on any atom is 0.239 e. The topological polar surface area (TPSA) is 63.1 Å². The van der Waals surface area contributed by atoms with E-state index in [4.69, 9.17) is 4.11 Å². The van der Waals surface area contributed by atoms with Crippen LogP contribution < -0.4 is 5.32 Å². The summed E-state index contributed by atoms with van der Waals surface area (Å²) in [5.41, 5.74) is 1.57. The molecule has 25 heavy (non-hydrogen) atoms. The molecule has 0 aliphatic carbocycles. The van der Waals surface area contributed by atoms with Gasteiger partial charge in [-0.05, 0) is 49.0 Å². The van der Waals surface area contributed by atoms with Crippen molar-refractivity contribution in [3.63, 3.8) is 0 Å². The first kappa shape index (κ1) is 12.6. The number of amides is 1. The predicted molar refractivity (Wildman–Crippen MR) is 98.2 cm³/mol.